The second-order valence-corrected chi connectivity index (χ2v) is 6.57. The van der Waals surface area contributed by atoms with Crippen LogP contribution >= 0.6 is 11.3 Å². The van der Waals surface area contributed by atoms with Crippen LogP contribution in [-0.4, -0.2) is 0 Å². The molecule has 0 saturated carbocycles. The Bertz CT molecular complexity index is 720. The molecule has 0 aliphatic rings. The minimum absolute atomic E-state index is 0.614. The van der Waals surface area contributed by atoms with Gasteiger partial charge in [-0.3, -0.25) is 0 Å². The summed E-state index contributed by atoms with van der Waals surface area (Å²) in [6, 6.07) is 20.9. The molecule has 1 N–H and O–H groups in total. The van der Waals surface area contributed by atoms with Crippen LogP contribution < -0.4 is 10.1 Å². The summed E-state index contributed by atoms with van der Waals surface area (Å²) in [7, 11) is 0. The third-order valence-corrected chi connectivity index (χ3v) is 4.66. The molecular formula is C20H21NOS. The van der Waals surface area contributed by atoms with E-state index in [-0.39, 0.29) is 0 Å². The van der Waals surface area contributed by atoms with Gasteiger partial charge in [-0.1, -0.05) is 42.5 Å². The first-order valence-corrected chi connectivity index (χ1v) is 8.68. The quantitative estimate of drug-likeness (QED) is 0.666. The lowest BCUT2D eigenvalue weighted by Crippen LogP contribution is -2.11. The van der Waals surface area contributed by atoms with Crippen LogP contribution in [0.5, 0.6) is 5.75 Å². The van der Waals surface area contributed by atoms with Gasteiger partial charge in [0.15, 0.2) is 0 Å². The summed E-state index contributed by atoms with van der Waals surface area (Å²) in [6.07, 6.45) is 0. The van der Waals surface area contributed by atoms with E-state index in [0.29, 0.717) is 6.61 Å². The third-order valence-electron chi connectivity index (χ3n) is 3.79. The molecule has 0 atom stereocenters. The molecule has 0 amide bonds. The van der Waals surface area contributed by atoms with Gasteiger partial charge < -0.3 is 10.1 Å². The van der Waals surface area contributed by atoms with Gasteiger partial charge in [0, 0.05) is 18.0 Å². The molecule has 23 heavy (non-hydrogen) atoms. The Morgan fingerprint density at radius 3 is 2.48 bits per heavy atom. The molecule has 1 heterocycles. The molecule has 0 saturated heterocycles. The van der Waals surface area contributed by atoms with Gasteiger partial charge in [-0.15, -0.1) is 11.3 Å². The van der Waals surface area contributed by atoms with Gasteiger partial charge in [0.1, 0.15) is 12.4 Å². The number of ether oxygens (including phenoxy) is 1. The molecule has 0 spiro atoms. The van der Waals surface area contributed by atoms with Crippen molar-refractivity contribution in [2.45, 2.75) is 26.6 Å². The van der Waals surface area contributed by atoms with Crippen molar-refractivity contribution in [2.75, 3.05) is 0 Å². The molecule has 0 aliphatic heterocycles. The second kappa shape index (κ2) is 7.95. The summed E-state index contributed by atoms with van der Waals surface area (Å²) in [5.41, 5.74) is 3.76. The van der Waals surface area contributed by atoms with Crippen LogP contribution in [0.2, 0.25) is 0 Å². The Balaban J connectivity index is 1.48. The number of aryl methyl sites for hydroxylation is 1. The lowest BCUT2D eigenvalue weighted by Gasteiger charge is -2.09. The fourth-order valence-electron chi connectivity index (χ4n) is 2.38. The third kappa shape index (κ3) is 4.68. The SMILES string of the molecule is Cc1ccccc1COc1ccc(CNCc2cccs2)cc1. The molecule has 1 aromatic heterocycles. The van der Waals surface area contributed by atoms with Crippen LogP contribution in [0.1, 0.15) is 21.6 Å². The number of nitrogens with one attached hydrogen (secondary N) is 1. The molecule has 2 nitrogen and oxygen atoms in total. The Hall–Kier alpha value is -2.10. The van der Waals surface area contributed by atoms with Crippen molar-refractivity contribution < 1.29 is 4.74 Å². The van der Waals surface area contributed by atoms with Crippen LogP contribution in [0.25, 0.3) is 0 Å². The largest absolute Gasteiger partial charge is 0.489 e. The van der Waals surface area contributed by atoms with Crippen molar-refractivity contribution >= 4 is 11.3 Å². The van der Waals surface area contributed by atoms with E-state index in [4.69, 9.17) is 4.74 Å². The van der Waals surface area contributed by atoms with E-state index in [9.17, 15) is 0 Å². The molecule has 3 heteroatoms. The highest BCUT2D eigenvalue weighted by molar-refractivity contribution is 7.09. The maximum absolute atomic E-state index is 5.87. The predicted octanol–water partition coefficient (Wildman–Crippen LogP) is 4.93. The van der Waals surface area contributed by atoms with E-state index >= 15 is 0 Å². The van der Waals surface area contributed by atoms with Gasteiger partial charge in [-0.2, -0.15) is 0 Å². The van der Waals surface area contributed by atoms with Crippen molar-refractivity contribution in [1.29, 1.82) is 0 Å². The Kier molecular flexibility index (Phi) is 5.46. The predicted molar refractivity (Wildman–Crippen MR) is 96.8 cm³/mol. The molecule has 3 rings (SSSR count). The van der Waals surface area contributed by atoms with Crippen LogP contribution in [0.15, 0.2) is 66.0 Å². The van der Waals surface area contributed by atoms with Gasteiger partial charge in [-0.05, 0) is 47.2 Å². The van der Waals surface area contributed by atoms with E-state index in [2.05, 4.69) is 60.1 Å². The van der Waals surface area contributed by atoms with Crippen LogP contribution in [0.4, 0.5) is 0 Å². The summed E-state index contributed by atoms with van der Waals surface area (Å²) in [5, 5.41) is 5.57. The standard InChI is InChI=1S/C20H21NOS/c1-16-5-2-3-6-18(16)15-22-19-10-8-17(9-11-19)13-21-14-20-7-4-12-23-20/h2-12,21H,13-15H2,1H3. The van der Waals surface area contributed by atoms with Crippen molar-refractivity contribution in [3.05, 3.63) is 87.6 Å². The summed E-state index contributed by atoms with van der Waals surface area (Å²) in [5.74, 6) is 0.912. The van der Waals surface area contributed by atoms with E-state index in [0.717, 1.165) is 18.8 Å². The highest BCUT2D eigenvalue weighted by atomic mass is 32.1. The van der Waals surface area contributed by atoms with Crippen LogP contribution in [-0.2, 0) is 19.7 Å². The minimum atomic E-state index is 0.614. The zero-order valence-corrected chi connectivity index (χ0v) is 14.1. The van der Waals surface area contributed by atoms with E-state index in [1.807, 2.05) is 18.2 Å². The number of rotatable bonds is 7. The maximum atomic E-state index is 5.87. The van der Waals surface area contributed by atoms with Gasteiger partial charge in [0.25, 0.3) is 0 Å². The smallest absolute Gasteiger partial charge is 0.119 e. The Labute approximate surface area is 141 Å². The second-order valence-electron chi connectivity index (χ2n) is 5.54. The molecule has 118 valence electrons. The molecule has 0 fully saturated rings. The normalized spacial score (nSPS) is 10.7. The van der Waals surface area contributed by atoms with Gasteiger partial charge in [0.2, 0.25) is 0 Å². The summed E-state index contributed by atoms with van der Waals surface area (Å²) >= 11 is 1.78. The summed E-state index contributed by atoms with van der Waals surface area (Å²) < 4.78 is 5.87. The fraction of sp³-hybridized carbons (Fsp3) is 0.200. The van der Waals surface area contributed by atoms with Gasteiger partial charge in [0.05, 0.1) is 0 Å². The summed E-state index contributed by atoms with van der Waals surface area (Å²) in [6.45, 7) is 4.52. The molecular weight excluding hydrogens is 302 g/mol. The molecule has 0 aliphatic carbocycles. The minimum Gasteiger partial charge on any atom is -0.489 e. The zero-order chi connectivity index (χ0) is 15.9. The first-order chi connectivity index (χ1) is 11.3. The fourth-order valence-corrected chi connectivity index (χ4v) is 3.05. The average molecular weight is 323 g/mol. The lowest BCUT2D eigenvalue weighted by molar-refractivity contribution is 0.305. The van der Waals surface area contributed by atoms with Crippen molar-refractivity contribution in [1.82, 2.24) is 5.32 Å². The van der Waals surface area contributed by atoms with E-state index in [1.54, 1.807) is 11.3 Å². The Morgan fingerprint density at radius 1 is 0.913 bits per heavy atom. The monoisotopic (exact) mass is 323 g/mol. The molecule has 0 bridgehead atoms. The van der Waals surface area contributed by atoms with Crippen molar-refractivity contribution in [3.8, 4) is 5.75 Å². The number of hydrogen-bond acceptors (Lipinski definition) is 3. The lowest BCUT2D eigenvalue weighted by atomic mass is 10.1. The molecule has 3 aromatic rings. The molecule has 2 aromatic carbocycles. The van der Waals surface area contributed by atoms with Gasteiger partial charge in [-0.25, -0.2) is 0 Å². The van der Waals surface area contributed by atoms with Crippen LogP contribution in [0, 0.1) is 6.92 Å². The first kappa shape index (κ1) is 15.8. The highest BCUT2D eigenvalue weighted by Crippen LogP contribution is 2.16. The first-order valence-electron chi connectivity index (χ1n) is 7.80. The Morgan fingerprint density at radius 2 is 1.74 bits per heavy atom. The molecule has 0 radical (unpaired) electrons. The number of hydrogen-bond donors (Lipinski definition) is 1. The number of benzene rings is 2. The topological polar surface area (TPSA) is 21.3 Å². The van der Waals surface area contributed by atoms with Gasteiger partial charge >= 0.3 is 0 Å². The van der Waals surface area contributed by atoms with E-state index in [1.165, 1.54) is 21.6 Å². The maximum Gasteiger partial charge on any atom is 0.119 e. The van der Waals surface area contributed by atoms with Crippen molar-refractivity contribution in [3.63, 3.8) is 0 Å². The number of thiophene rings is 1. The molecule has 0 unspecified atom stereocenters. The summed E-state index contributed by atoms with van der Waals surface area (Å²) in [4.78, 5) is 1.36. The highest BCUT2D eigenvalue weighted by Gasteiger charge is 2.00. The van der Waals surface area contributed by atoms with Crippen molar-refractivity contribution in [2.24, 2.45) is 0 Å². The average Bonchev–Trinajstić information content (AvgIpc) is 3.09. The zero-order valence-electron chi connectivity index (χ0n) is 13.3. The van der Waals surface area contributed by atoms with Crippen LogP contribution in [0.3, 0.4) is 0 Å². The van der Waals surface area contributed by atoms with E-state index < -0.39 is 0 Å².